The lowest BCUT2D eigenvalue weighted by atomic mass is 10.2. The van der Waals surface area contributed by atoms with Crippen LogP contribution in [0.1, 0.15) is 26.2 Å². The van der Waals surface area contributed by atoms with Crippen LogP contribution in [0.2, 0.25) is 0 Å². The third-order valence-corrected chi connectivity index (χ3v) is 2.88. The molecule has 0 aliphatic rings. The first-order valence-corrected chi connectivity index (χ1v) is 6.75. The first kappa shape index (κ1) is 14.8. The lowest BCUT2D eigenvalue weighted by Crippen LogP contribution is -2.11. The summed E-state index contributed by atoms with van der Waals surface area (Å²) in [7, 11) is 0. The van der Waals surface area contributed by atoms with E-state index in [4.69, 9.17) is 9.15 Å². The Kier molecular flexibility index (Phi) is 4.77. The van der Waals surface area contributed by atoms with E-state index in [2.05, 4.69) is 6.92 Å². The zero-order chi connectivity index (χ0) is 15.2. The number of rotatable bonds is 5. The molecule has 0 bridgehead atoms. The van der Waals surface area contributed by atoms with Crippen LogP contribution in [0.5, 0.6) is 11.5 Å². The minimum Gasteiger partial charge on any atom is -0.508 e. The number of benzene rings is 1. The summed E-state index contributed by atoms with van der Waals surface area (Å²) in [5, 5.41) is 9.88. The fourth-order valence-electron chi connectivity index (χ4n) is 1.80. The van der Waals surface area contributed by atoms with Gasteiger partial charge in [-0.15, -0.1) is 0 Å². The Hall–Kier alpha value is -2.56. The van der Waals surface area contributed by atoms with E-state index in [1.807, 2.05) is 0 Å². The molecule has 1 heterocycles. The average Bonchev–Trinajstić information content (AvgIpc) is 2.45. The predicted octanol–water partition coefficient (Wildman–Crippen LogP) is 3.15. The third-order valence-electron chi connectivity index (χ3n) is 2.88. The number of unbranched alkanes of at least 4 members (excludes halogenated alkanes) is 2. The molecule has 110 valence electrons. The van der Waals surface area contributed by atoms with Gasteiger partial charge in [-0.05, 0) is 24.6 Å². The second-order valence-corrected chi connectivity index (χ2v) is 4.59. The molecular formula is C16H16O5. The SMILES string of the molecule is CCCC/C=C/C(=O)Oc1cc2ccc(O)cc2oc1=O. The minimum atomic E-state index is -0.761. The molecule has 2 aromatic rings. The van der Waals surface area contributed by atoms with E-state index < -0.39 is 11.6 Å². The van der Waals surface area contributed by atoms with Gasteiger partial charge >= 0.3 is 11.6 Å². The molecule has 0 radical (unpaired) electrons. The Labute approximate surface area is 121 Å². The van der Waals surface area contributed by atoms with Crippen molar-refractivity contribution in [3.05, 3.63) is 46.8 Å². The molecule has 1 N–H and O–H groups in total. The predicted molar refractivity (Wildman–Crippen MR) is 78.4 cm³/mol. The Balaban J connectivity index is 2.17. The molecule has 0 aliphatic heterocycles. The lowest BCUT2D eigenvalue weighted by molar-refractivity contribution is -0.129. The number of hydrogen-bond donors (Lipinski definition) is 1. The van der Waals surface area contributed by atoms with Crippen molar-refractivity contribution in [2.75, 3.05) is 0 Å². The summed E-state index contributed by atoms with van der Waals surface area (Å²) in [5.74, 6) is -0.788. The highest BCUT2D eigenvalue weighted by Crippen LogP contribution is 2.21. The van der Waals surface area contributed by atoms with Crippen molar-refractivity contribution in [3.8, 4) is 11.5 Å². The van der Waals surface area contributed by atoms with Crippen molar-refractivity contribution in [2.24, 2.45) is 0 Å². The maximum absolute atomic E-state index is 11.7. The Morgan fingerprint density at radius 3 is 2.95 bits per heavy atom. The van der Waals surface area contributed by atoms with E-state index in [1.54, 1.807) is 12.1 Å². The molecule has 5 nitrogen and oxygen atoms in total. The van der Waals surface area contributed by atoms with Crippen molar-refractivity contribution in [3.63, 3.8) is 0 Å². The molecule has 0 saturated heterocycles. The second-order valence-electron chi connectivity index (χ2n) is 4.59. The topological polar surface area (TPSA) is 76.7 Å². The Bertz CT molecular complexity index is 727. The molecule has 5 heteroatoms. The van der Waals surface area contributed by atoms with Gasteiger partial charge in [-0.1, -0.05) is 25.8 Å². The van der Waals surface area contributed by atoms with Gasteiger partial charge in [0, 0.05) is 17.5 Å². The van der Waals surface area contributed by atoms with Crippen LogP contribution in [0.3, 0.4) is 0 Å². The summed E-state index contributed by atoms with van der Waals surface area (Å²) in [5.41, 5.74) is -0.526. The van der Waals surface area contributed by atoms with Gasteiger partial charge in [-0.2, -0.15) is 0 Å². The molecule has 0 unspecified atom stereocenters. The largest absolute Gasteiger partial charge is 0.508 e. The van der Waals surface area contributed by atoms with Gasteiger partial charge in [0.15, 0.2) is 0 Å². The molecule has 1 aromatic carbocycles. The Morgan fingerprint density at radius 2 is 2.19 bits per heavy atom. The fraction of sp³-hybridized carbons (Fsp3) is 0.250. The zero-order valence-electron chi connectivity index (χ0n) is 11.7. The number of carbonyl (C=O) groups is 1. The van der Waals surface area contributed by atoms with Crippen LogP contribution in [0.4, 0.5) is 0 Å². The molecule has 0 aliphatic carbocycles. The number of phenolic OH excluding ortho intramolecular Hbond substituents is 1. The van der Waals surface area contributed by atoms with E-state index >= 15 is 0 Å². The summed E-state index contributed by atoms with van der Waals surface area (Å²) in [6, 6.07) is 5.77. The fourth-order valence-corrected chi connectivity index (χ4v) is 1.80. The van der Waals surface area contributed by atoms with Gasteiger partial charge < -0.3 is 14.3 Å². The smallest absolute Gasteiger partial charge is 0.379 e. The van der Waals surface area contributed by atoms with Crippen molar-refractivity contribution in [1.29, 1.82) is 0 Å². The van der Waals surface area contributed by atoms with Crippen LogP contribution >= 0.6 is 0 Å². The van der Waals surface area contributed by atoms with Crippen LogP contribution in [-0.2, 0) is 4.79 Å². The lowest BCUT2D eigenvalue weighted by Gasteiger charge is -2.02. The molecule has 0 saturated carbocycles. The van der Waals surface area contributed by atoms with E-state index in [0.29, 0.717) is 5.39 Å². The highest BCUT2D eigenvalue weighted by Gasteiger charge is 2.10. The monoisotopic (exact) mass is 288 g/mol. The number of phenols is 1. The van der Waals surface area contributed by atoms with Crippen LogP contribution in [0, 0.1) is 0 Å². The van der Waals surface area contributed by atoms with Crippen molar-refractivity contribution in [2.45, 2.75) is 26.2 Å². The average molecular weight is 288 g/mol. The molecule has 0 fully saturated rings. The highest BCUT2D eigenvalue weighted by atomic mass is 16.5. The molecule has 0 atom stereocenters. The molecule has 2 rings (SSSR count). The van der Waals surface area contributed by atoms with E-state index in [-0.39, 0.29) is 17.1 Å². The van der Waals surface area contributed by atoms with Gasteiger partial charge in [0.2, 0.25) is 5.75 Å². The van der Waals surface area contributed by atoms with Gasteiger partial charge in [-0.25, -0.2) is 9.59 Å². The van der Waals surface area contributed by atoms with Gasteiger partial charge in [0.25, 0.3) is 0 Å². The van der Waals surface area contributed by atoms with E-state index in [0.717, 1.165) is 19.3 Å². The Morgan fingerprint density at radius 1 is 1.38 bits per heavy atom. The maximum atomic E-state index is 11.7. The van der Waals surface area contributed by atoms with Crippen LogP contribution in [0.25, 0.3) is 11.0 Å². The van der Waals surface area contributed by atoms with Gasteiger partial charge in [-0.3, -0.25) is 0 Å². The normalized spacial score (nSPS) is 11.1. The first-order valence-electron chi connectivity index (χ1n) is 6.75. The number of allylic oxidation sites excluding steroid dienone is 1. The number of esters is 1. The van der Waals surface area contributed by atoms with E-state index in [9.17, 15) is 14.7 Å². The number of fused-ring (bicyclic) bond motifs is 1. The summed E-state index contributed by atoms with van der Waals surface area (Å²) < 4.78 is 9.97. The van der Waals surface area contributed by atoms with Gasteiger partial charge in [0.1, 0.15) is 11.3 Å². The zero-order valence-corrected chi connectivity index (χ0v) is 11.7. The van der Waals surface area contributed by atoms with Crippen molar-refractivity contribution >= 4 is 16.9 Å². The van der Waals surface area contributed by atoms with Crippen LogP contribution in [-0.4, -0.2) is 11.1 Å². The summed E-state index contributed by atoms with van der Waals surface area (Å²) >= 11 is 0. The molecular weight excluding hydrogens is 272 g/mol. The minimum absolute atomic E-state index is 0.00532. The molecule has 1 aromatic heterocycles. The number of ether oxygens (including phenoxy) is 1. The second kappa shape index (κ2) is 6.74. The highest BCUT2D eigenvalue weighted by molar-refractivity contribution is 5.85. The number of hydrogen-bond acceptors (Lipinski definition) is 5. The van der Waals surface area contributed by atoms with Crippen molar-refractivity contribution in [1.82, 2.24) is 0 Å². The number of carbonyl (C=O) groups excluding carboxylic acids is 1. The molecule has 0 amide bonds. The standard InChI is InChI=1S/C16H16O5/c1-2-3-4-5-6-15(18)20-14-9-11-7-8-12(17)10-13(11)21-16(14)19/h5-10,17H,2-4H2,1H3/b6-5+. The summed E-state index contributed by atoms with van der Waals surface area (Å²) in [4.78, 5) is 23.3. The summed E-state index contributed by atoms with van der Waals surface area (Å²) in [6.45, 7) is 2.06. The molecule has 0 spiro atoms. The first-order chi connectivity index (χ1) is 10.1. The summed E-state index contributed by atoms with van der Waals surface area (Å²) in [6.07, 6.45) is 5.84. The quantitative estimate of drug-likeness (QED) is 0.396. The molecule has 21 heavy (non-hydrogen) atoms. The third kappa shape index (κ3) is 3.95. The van der Waals surface area contributed by atoms with E-state index in [1.165, 1.54) is 24.3 Å². The van der Waals surface area contributed by atoms with Crippen LogP contribution in [0.15, 0.2) is 45.6 Å². The number of aromatic hydroxyl groups is 1. The van der Waals surface area contributed by atoms with Crippen molar-refractivity contribution < 1.29 is 19.1 Å². The maximum Gasteiger partial charge on any atom is 0.379 e. The van der Waals surface area contributed by atoms with Crippen LogP contribution < -0.4 is 10.4 Å². The van der Waals surface area contributed by atoms with Gasteiger partial charge in [0.05, 0.1) is 0 Å².